The summed E-state index contributed by atoms with van der Waals surface area (Å²) in [5.41, 5.74) is 0.718. The van der Waals surface area contributed by atoms with E-state index in [1.54, 1.807) is 0 Å². The molecule has 1 aromatic rings. The second kappa shape index (κ2) is 8.52. The Balaban J connectivity index is 1.88. The molecule has 1 fully saturated rings. The van der Waals surface area contributed by atoms with Gasteiger partial charge in [0.05, 0.1) is 5.56 Å². The summed E-state index contributed by atoms with van der Waals surface area (Å²) in [5, 5.41) is 3.70. The predicted molar refractivity (Wildman–Crippen MR) is 96.5 cm³/mol. The third-order valence-corrected chi connectivity index (χ3v) is 5.14. The molecule has 4 nitrogen and oxygen atoms in total. The smallest absolute Gasteiger partial charge is 0.257 e. The molecular weight excluding hydrogens is 300 g/mol. The van der Waals surface area contributed by atoms with Crippen molar-refractivity contribution in [3.63, 3.8) is 0 Å². The van der Waals surface area contributed by atoms with E-state index in [9.17, 15) is 4.79 Å². The van der Waals surface area contributed by atoms with Gasteiger partial charge in [0.1, 0.15) is 11.9 Å². The molecule has 3 rings (SSSR count). The van der Waals surface area contributed by atoms with Gasteiger partial charge in [0.2, 0.25) is 0 Å². The fourth-order valence-electron chi connectivity index (χ4n) is 3.85. The normalized spacial score (nSPS) is 25.7. The Morgan fingerprint density at radius 3 is 2.88 bits per heavy atom. The van der Waals surface area contributed by atoms with Crippen molar-refractivity contribution in [1.82, 2.24) is 10.2 Å². The molecule has 1 aliphatic heterocycles. The molecule has 0 aromatic heterocycles. The van der Waals surface area contributed by atoms with Gasteiger partial charge in [0.15, 0.2) is 0 Å². The number of hydrogen-bond donors (Lipinski definition) is 1. The highest BCUT2D eigenvalue weighted by Crippen LogP contribution is 2.28. The van der Waals surface area contributed by atoms with Gasteiger partial charge in [-0.05, 0) is 57.2 Å². The number of carbonyl (C=O) groups excluding carboxylic acids is 1. The Kier molecular flexibility index (Phi) is 6.13. The predicted octanol–water partition coefficient (Wildman–Crippen LogP) is 3.61. The first-order valence-corrected chi connectivity index (χ1v) is 9.58. The van der Waals surface area contributed by atoms with E-state index in [0.29, 0.717) is 6.04 Å². The molecule has 0 unspecified atom stereocenters. The number of hydrogen-bond acceptors (Lipinski definition) is 3. The lowest BCUT2D eigenvalue weighted by Crippen LogP contribution is -2.46. The van der Waals surface area contributed by atoms with Gasteiger partial charge in [0, 0.05) is 19.1 Å². The molecule has 0 bridgehead atoms. The molecule has 1 heterocycles. The number of fused-ring (bicyclic) bond motifs is 2. The van der Waals surface area contributed by atoms with E-state index in [2.05, 4.69) is 12.2 Å². The summed E-state index contributed by atoms with van der Waals surface area (Å²) >= 11 is 0. The summed E-state index contributed by atoms with van der Waals surface area (Å²) in [6.45, 7) is 4.78. The minimum atomic E-state index is 0.119. The molecule has 1 aliphatic carbocycles. The fourth-order valence-corrected chi connectivity index (χ4v) is 3.85. The van der Waals surface area contributed by atoms with E-state index in [-0.39, 0.29) is 12.0 Å². The number of carbonyl (C=O) groups is 1. The zero-order chi connectivity index (χ0) is 16.8. The summed E-state index contributed by atoms with van der Waals surface area (Å²) in [6.07, 6.45) is 8.03. The van der Waals surface area contributed by atoms with E-state index in [1.165, 1.54) is 19.3 Å². The number of nitrogens with zero attached hydrogens (tertiary/aromatic N) is 1. The average molecular weight is 330 g/mol. The maximum absolute atomic E-state index is 13.0. The SMILES string of the molecule is CCCN1CCCCN[C@@H]2CCCC[C@@H]2Oc2ccccc2C1=O. The van der Waals surface area contributed by atoms with Crippen molar-refractivity contribution >= 4 is 5.91 Å². The molecule has 2 aliphatic rings. The van der Waals surface area contributed by atoms with Crippen LogP contribution >= 0.6 is 0 Å². The monoisotopic (exact) mass is 330 g/mol. The number of amides is 1. The van der Waals surface area contributed by atoms with Crippen LogP contribution in [0.25, 0.3) is 0 Å². The van der Waals surface area contributed by atoms with E-state index < -0.39 is 0 Å². The second-order valence-corrected chi connectivity index (χ2v) is 7.00. The Hall–Kier alpha value is -1.55. The molecule has 1 aromatic carbocycles. The van der Waals surface area contributed by atoms with E-state index >= 15 is 0 Å². The minimum absolute atomic E-state index is 0.119. The Bertz CT molecular complexity index is 546. The number of rotatable bonds is 2. The maximum Gasteiger partial charge on any atom is 0.257 e. The number of para-hydroxylation sites is 1. The lowest BCUT2D eigenvalue weighted by molar-refractivity contribution is 0.0724. The second-order valence-electron chi connectivity index (χ2n) is 7.00. The zero-order valence-corrected chi connectivity index (χ0v) is 14.8. The first-order chi connectivity index (χ1) is 11.8. The molecule has 4 heteroatoms. The minimum Gasteiger partial charge on any atom is -0.488 e. The summed E-state index contributed by atoms with van der Waals surface area (Å²) in [6, 6.07) is 8.18. The van der Waals surface area contributed by atoms with Gasteiger partial charge in [-0.3, -0.25) is 4.79 Å². The quantitative estimate of drug-likeness (QED) is 0.900. The van der Waals surface area contributed by atoms with Crippen LogP contribution in [-0.2, 0) is 0 Å². The summed E-state index contributed by atoms with van der Waals surface area (Å²) in [4.78, 5) is 15.0. The molecule has 1 saturated carbocycles. The third-order valence-electron chi connectivity index (χ3n) is 5.14. The van der Waals surface area contributed by atoms with Crippen LogP contribution in [0, 0.1) is 0 Å². The molecule has 0 radical (unpaired) electrons. The van der Waals surface area contributed by atoms with Crippen LogP contribution in [-0.4, -0.2) is 42.6 Å². The highest BCUT2D eigenvalue weighted by Gasteiger charge is 2.28. The molecule has 2 atom stereocenters. The van der Waals surface area contributed by atoms with E-state index in [4.69, 9.17) is 4.74 Å². The lowest BCUT2D eigenvalue weighted by Gasteiger charge is -2.34. The van der Waals surface area contributed by atoms with Crippen molar-refractivity contribution in [2.75, 3.05) is 19.6 Å². The topological polar surface area (TPSA) is 41.6 Å². The van der Waals surface area contributed by atoms with Crippen molar-refractivity contribution in [2.45, 2.75) is 64.0 Å². The van der Waals surface area contributed by atoms with Gasteiger partial charge in [0.25, 0.3) is 5.91 Å². The van der Waals surface area contributed by atoms with Crippen LogP contribution in [0.2, 0.25) is 0 Å². The van der Waals surface area contributed by atoms with Crippen LogP contribution in [0.15, 0.2) is 24.3 Å². The van der Waals surface area contributed by atoms with E-state index in [1.807, 2.05) is 29.2 Å². The number of benzene rings is 1. The molecule has 1 N–H and O–H groups in total. The first kappa shape index (κ1) is 17.3. The fraction of sp³-hybridized carbons (Fsp3) is 0.650. The molecule has 1 amide bonds. The number of nitrogens with one attached hydrogen (secondary N) is 1. The molecule has 0 saturated heterocycles. The van der Waals surface area contributed by atoms with Crippen molar-refractivity contribution < 1.29 is 9.53 Å². The summed E-state index contributed by atoms with van der Waals surface area (Å²) in [5.74, 6) is 0.871. The van der Waals surface area contributed by atoms with Gasteiger partial charge in [-0.1, -0.05) is 25.5 Å². The zero-order valence-electron chi connectivity index (χ0n) is 14.8. The molecule has 0 spiro atoms. The highest BCUT2D eigenvalue weighted by molar-refractivity contribution is 5.97. The van der Waals surface area contributed by atoms with Gasteiger partial charge in [-0.2, -0.15) is 0 Å². The average Bonchev–Trinajstić information content (AvgIpc) is 2.61. The first-order valence-electron chi connectivity index (χ1n) is 9.58. The van der Waals surface area contributed by atoms with Crippen molar-refractivity contribution in [3.8, 4) is 5.75 Å². The largest absolute Gasteiger partial charge is 0.488 e. The van der Waals surface area contributed by atoms with Crippen LogP contribution in [0.5, 0.6) is 5.75 Å². The standard InChI is InChI=1S/C20H30N2O2/c1-2-14-22-15-8-7-13-21-17-10-4-6-12-19(17)24-18-11-5-3-9-16(18)20(22)23/h3,5,9,11,17,19,21H,2,4,6-8,10,12-15H2,1H3/t17-,19+/m1/s1. The van der Waals surface area contributed by atoms with Crippen molar-refractivity contribution in [3.05, 3.63) is 29.8 Å². The van der Waals surface area contributed by atoms with Crippen LogP contribution < -0.4 is 10.1 Å². The van der Waals surface area contributed by atoms with Gasteiger partial charge in [-0.25, -0.2) is 0 Å². The Morgan fingerprint density at radius 2 is 2.00 bits per heavy atom. The van der Waals surface area contributed by atoms with Crippen LogP contribution in [0.1, 0.15) is 62.2 Å². The Labute approximate surface area is 145 Å². The molecule has 24 heavy (non-hydrogen) atoms. The van der Waals surface area contributed by atoms with Crippen molar-refractivity contribution in [1.29, 1.82) is 0 Å². The maximum atomic E-state index is 13.0. The third kappa shape index (κ3) is 4.10. The lowest BCUT2D eigenvalue weighted by atomic mass is 9.92. The molecule has 132 valence electrons. The van der Waals surface area contributed by atoms with Gasteiger partial charge in [-0.15, -0.1) is 0 Å². The van der Waals surface area contributed by atoms with Crippen LogP contribution in [0.4, 0.5) is 0 Å². The number of ether oxygens (including phenoxy) is 1. The van der Waals surface area contributed by atoms with Crippen molar-refractivity contribution in [2.24, 2.45) is 0 Å². The van der Waals surface area contributed by atoms with E-state index in [0.717, 1.165) is 56.6 Å². The van der Waals surface area contributed by atoms with Crippen LogP contribution in [0.3, 0.4) is 0 Å². The summed E-state index contributed by atoms with van der Waals surface area (Å²) < 4.78 is 6.36. The van der Waals surface area contributed by atoms with Gasteiger partial charge < -0.3 is 15.0 Å². The summed E-state index contributed by atoms with van der Waals surface area (Å²) in [7, 11) is 0. The molecular formula is C20H30N2O2. The van der Waals surface area contributed by atoms with Gasteiger partial charge >= 0.3 is 0 Å². The highest BCUT2D eigenvalue weighted by atomic mass is 16.5. The Morgan fingerprint density at radius 1 is 1.17 bits per heavy atom.